The van der Waals surface area contributed by atoms with Crippen LogP contribution in [0.1, 0.15) is 12.8 Å². The summed E-state index contributed by atoms with van der Waals surface area (Å²) < 4.78 is 0. The van der Waals surface area contributed by atoms with Gasteiger partial charge in [-0.2, -0.15) is 0 Å². The first-order chi connectivity index (χ1) is 7.90. The summed E-state index contributed by atoms with van der Waals surface area (Å²) in [6.07, 6.45) is -1.98. The fourth-order valence-corrected chi connectivity index (χ4v) is 0.880. The number of carboxylic acid groups (broad SMARTS) is 2. The summed E-state index contributed by atoms with van der Waals surface area (Å²) in [5.74, 6) is -5.89. The van der Waals surface area contributed by atoms with Gasteiger partial charge in [-0.3, -0.25) is 9.59 Å². The molecule has 10 heteroatoms. The lowest BCUT2D eigenvalue weighted by Crippen LogP contribution is -2.60. The number of carboxylic acids is 2. The highest BCUT2D eigenvalue weighted by atomic mass is 16.4. The van der Waals surface area contributed by atoms with Crippen LogP contribution in [0.4, 0.5) is 0 Å². The molecule has 0 aliphatic heterocycles. The van der Waals surface area contributed by atoms with Gasteiger partial charge in [-0.25, -0.2) is 9.59 Å². The molecule has 0 saturated heterocycles. The van der Waals surface area contributed by atoms with E-state index in [0.717, 1.165) is 0 Å². The van der Waals surface area contributed by atoms with Crippen LogP contribution in [0.5, 0.6) is 0 Å². The predicted octanol–water partition coefficient (Wildman–Crippen LogP) is -3.70. The largest absolute Gasteiger partial charge is 0.479 e. The number of ketones is 2. The van der Waals surface area contributed by atoms with Crippen LogP contribution in [-0.4, -0.2) is 45.0 Å². The third kappa shape index (κ3) is 4.18. The molecule has 10 nitrogen and oxygen atoms in total. The highest BCUT2D eigenvalue weighted by Crippen LogP contribution is 2.06. The maximum atomic E-state index is 11.3. The third-order valence-corrected chi connectivity index (χ3v) is 2.01. The van der Waals surface area contributed by atoms with Gasteiger partial charge in [0.15, 0.2) is 11.3 Å². The molecule has 18 heavy (non-hydrogen) atoms. The van der Waals surface area contributed by atoms with Crippen molar-refractivity contribution in [2.45, 2.75) is 24.2 Å². The highest BCUT2D eigenvalue weighted by Gasteiger charge is 2.38. The van der Waals surface area contributed by atoms with Crippen molar-refractivity contribution in [1.82, 2.24) is 0 Å². The van der Waals surface area contributed by atoms with Gasteiger partial charge in [-0.05, 0) is 0 Å². The van der Waals surface area contributed by atoms with E-state index in [0.29, 0.717) is 0 Å². The van der Waals surface area contributed by atoms with Gasteiger partial charge >= 0.3 is 11.9 Å². The Labute approximate surface area is 101 Å². The summed E-state index contributed by atoms with van der Waals surface area (Å²) in [6, 6.07) is 0. The predicted molar refractivity (Wildman–Crippen MR) is 56.7 cm³/mol. The molecule has 0 rings (SSSR count). The number of carbonyl (C=O) groups is 4. The van der Waals surface area contributed by atoms with Crippen molar-refractivity contribution in [3.05, 3.63) is 0 Å². The summed E-state index contributed by atoms with van der Waals surface area (Å²) >= 11 is 0. The monoisotopic (exact) mass is 262 g/mol. The normalized spacial score (nSPS) is 12.0. The number of Topliss-reactive ketones (excluding diaryl/α,β-unsaturated/α-hetero) is 2. The van der Waals surface area contributed by atoms with Crippen molar-refractivity contribution in [2.24, 2.45) is 22.9 Å². The van der Waals surface area contributed by atoms with E-state index in [1.807, 2.05) is 0 Å². The van der Waals surface area contributed by atoms with Crippen LogP contribution in [0, 0.1) is 0 Å². The maximum absolute atomic E-state index is 11.3. The van der Waals surface area contributed by atoms with E-state index in [1.54, 1.807) is 0 Å². The van der Waals surface area contributed by atoms with E-state index in [1.165, 1.54) is 0 Å². The molecular weight excluding hydrogens is 248 g/mol. The molecule has 0 saturated carbocycles. The van der Waals surface area contributed by atoms with Crippen LogP contribution in [-0.2, 0) is 19.2 Å². The summed E-state index contributed by atoms with van der Waals surface area (Å²) in [4.78, 5) is 43.6. The second-order valence-corrected chi connectivity index (χ2v) is 3.89. The Bertz CT molecular complexity index is 364. The summed E-state index contributed by atoms with van der Waals surface area (Å²) in [7, 11) is 0. The summed E-state index contributed by atoms with van der Waals surface area (Å²) in [6.45, 7) is 0. The minimum Gasteiger partial charge on any atom is -0.479 e. The molecule has 0 aromatic heterocycles. The minimum atomic E-state index is -2.41. The Morgan fingerprint density at radius 3 is 1.11 bits per heavy atom. The molecule has 0 heterocycles. The Hall–Kier alpha value is -1.88. The molecule has 0 radical (unpaired) electrons. The van der Waals surface area contributed by atoms with Crippen LogP contribution in [0.2, 0.25) is 0 Å². The molecule has 0 amide bonds. The standard InChI is InChI=1S/C8H14N4O6/c9-7(10,5(15)16)1-3(13)4(14)2-8(11,12)6(17)18/h1-2,9-12H2,(H,15,16)(H,17,18). The Kier molecular flexibility index (Phi) is 4.64. The van der Waals surface area contributed by atoms with Gasteiger partial charge < -0.3 is 33.1 Å². The molecule has 0 spiro atoms. The average Bonchev–Trinajstić information content (AvgIpc) is 2.15. The van der Waals surface area contributed by atoms with Gasteiger partial charge in [-0.15, -0.1) is 0 Å². The highest BCUT2D eigenvalue weighted by molar-refractivity contribution is 6.38. The molecule has 0 unspecified atom stereocenters. The average molecular weight is 262 g/mol. The Morgan fingerprint density at radius 1 is 0.722 bits per heavy atom. The van der Waals surface area contributed by atoms with Crippen molar-refractivity contribution >= 4 is 23.5 Å². The van der Waals surface area contributed by atoms with Crippen LogP contribution >= 0.6 is 0 Å². The zero-order valence-corrected chi connectivity index (χ0v) is 9.25. The Balaban J connectivity index is 4.70. The lowest BCUT2D eigenvalue weighted by atomic mass is 9.97. The van der Waals surface area contributed by atoms with E-state index in [-0.39, 0.29) is 0 Å². The number of carbonyl (C=O) groups excluding carboxylic acids is 2. The number of hydrogen-bond donors (Lipinski definition) is 6. The maximum Gasteiger partial charge on any atom is 0.338 e. The number of nitrogens with two attached hydrogens (primary N) is 4. The van der Waals surface area contributed by atoms with E-state index in [9.17, 15) is 19.2 Å². The van der Waals surface area contributed by atoms with Crippen LogP contribution in [0.15, 0.2) is 0 Å². The van der Waals surface area contributed by atoms with Crippen molar-refractivity contribution < 1.29 is 29.4 Å². The van der Waals surface area contributed by atoms with Crippen molar-refractivity contribution in [3.8, 4) is 0 Å². The van der Waals surface area contributed by atoms with Crippen LogP contribution in [0.3, 0.4) is 0 Å². The van der Waals surface area contributed by atoms with Gasteiger partial charge in [-0.1, -0.05) is 0 Å². The van der Waals surface area contributed by atoms with Crippen molar-refractivity contribution in [3.63, 3.8) is 0 Å². The number of rotatable bonds is 7. The lowest BCUT2D eigenvalue weighted by molar-refractivity contribution is -0.149. The second-order valence-electron chi connectivity index (χ2n) is 3.89. The molecule has 10 N–H and O–H groups in total. The van der Waals surface area contributed by atoms with Gasteiger partial charge in [0.2, 0.25) is 11.6 Å². The fourth-order valence-electron chi connectivity index (χ4n) is 0.880. The number of aliphatic carboxylic acids is 2. The lowest BCUT2D eigenvalue weighted by Gasteiger charge is -2.20. The third-order valence-electron chi connectivity index (χ3n) is 2.01. The minimum absolute atomic E-state index is 0.989. The first-order valence-corrected chi connectivity index (χ1v) is 4.58. The van der Waals surface area contributed by atoms with E-state index in [4.69, 9.17) is 33.1 Å². The second kappa shape index (κ2) is 5.18. The first kappa shape index (κ1) is 16.1. The fraction of sp³-hybridized carbons (Fsp3) is 0.500. The van der Waals surface area contributed by atoms with Gasteiger partial charge in [0.1, 0.15) is 0 Å². The Morgan fingerprint density at radius 2 is 0.944 bits per heavy atom. The topological polar surface area (TPSA) is 213 Å². The van der Waals surface area contributed by atoms with Gasteiger partial charge in [0.05, 0.1) is 12.8 Å². The zero-order valence-electron chi connectivity index (χ0n) is 9.25. The van der Waals surface area contributed by atoms with Crippen LogP contribution < -0.4 is 22.9 Å². The molecule has 0 aromatic rings. The molecule has 0 atom stereocenters. The molecular formula is C8H14N4O6. The molecule has 0 fully saturated rings. The molecule has 0 aliphatic carbocycles. The zero-order chi connectivity index (χ0) is 14.7. The SMILES string of the molecule is NC(N)(CC(=O)C(=O)CC(N)(N)C(=O)O)C(=O)O. The van der Waals surface area contributed by atoms with Crippen LogP contribution in [0.25, 0.3) is 0 Å². The smallest absolute Gasteiger partial charge is 0.338 e. The summed E-state index contributed by atoms with van der Waals surface area (Å²) in [5, 5.41) is 17.1. The molecule has 0 aromatic carbocycles. The van der Waals surface area contributed by atoms with Gasteiger partial charge in [0, 0.05) is 0 Å². The quantitative estimate of drug-likeness (QED) is 0.195. The van der Waals surface area contributed by atoms with Crippen molar-refractivity contribution in [1.29, 1.82) is 0 Å². The summed E-state index contributed by atoms with van der Waals surface area (Å²) in [5.41, 5.74) is 15.4. The number of hydrogen-bond acceptors (Lipinski definition) is 8. The first-order valence-electron chi connectivity index (χ1n) is 4.58. The van der Waals surface area contributed by atoms with E-state index < -0.39 is 47.7 Å². The molecule has 0 aliphatic rings. The van der Waals surface area contributed by atoms with E-state index in [2.05, 4.69) is 0 Å². The van der Waals surface area contributed by atoms with Gasteiger partial charge in [0.25, 0.3) is 0 Å². The van der Waals surface area contributed by atoms with E-state index >= 15 is 0 Å². The molecule has 0 bridgehead atoms. The molecule has 102 valence electrons. The van der Waals surface area contributed by atoms with Crippen molar-refractivity contribution in [2.75, 3.05) is 0 Å².